The number of anilines is 1. The molecule has 1 N–H and O–H groups in total. The lowest BCUT2D eigenvalue weighted by Crippen LogP contribution is -2.35. The molecule has 0 radical (unpaired) electrons. The highest BCUT2D eigenvalue weighted by atomic mass is 32.2. The summed E-state index contributed by atoms with van der Waals surface area (Å²) in [6.45, 7) is 7.26. The van der Waals surface area contributed by atoms with Gasteiger partial charge in [-0.3, -0.25) is 0 Å². The fourth-order valence-electron chi connectivity index (χ4n) is 1.52. The van der Waals surface area contributed by atoms with Gasteiger partial charge in [-0.15, -0.1) is 10.2 Å². The van der Waals surface area contributed by atoms with Crippen LogP contribution in [-0.4, -0.2) is 34.8 Å². The van der Waals surface area contributed by atoms with E-state index in [0.29, 0.717) is 0 Å². The van der Waals surface area contributed by atoms with Crippen LogP contribution in [0.25, 0.3) is 0 Å². The summed E-state index contributed by atoms with van der Waals surface area (Å²) in [5, 5.41) is 13.8. The third kappa shape index (κ3) is 4.94. The van der Waals surface area contributed by atoms with Gasteiger partial charge in [-0.1, -0.05) is 17.4 Å². The average molecular weight is 323 g/mol. The minimum absolute atomic E-state index is 0.0820. The highest BCUT2D eigenvalue weighted by Gasteiger charge is 2.13. The second-order valence-electron chi connectivity index (χ2n) is 5.92. The Morgan fingerprint density at radius 3 is 2.67 bits per heavy atom. The van der Waals surface area contributed by atoms with E-state index in [-0.39, 0.29) is 5.54 Å². The fourth-order valence-corrected chi connectivity index (χ4v) is 3.28. The molecular weight excluding hydrogens is 302 g/mol. The zero-order valence-corrected chi connectivity index (χ0v) is 14.7. The van der Waals surface area contributed by atoms with Crippen molar-refractivity contribution in [3.05, 3.63) is 23.9 Å². The molecule has 0 saturated carbocycles. The molecule has 0 unspecified atom stereocenters. The Kier molecular flexibility index (Phi) is 5.18. The summed E-state index contributed by atoms with van der Waals surface area (Å²) in [5.74, 6) is 0. The molecule has 21 heavy (non-hydrogen) atoms. The van der Waals surface area contributed by atoms with E-state index >= 15 is 0 Å². The second-order valence-corrected chi connectivity index (χ2v) is 8.11. The molecule has 0 aromatic carbocycles. The summed E-state index contributed by atoms with van der Waals surface area (Å²) in [5.41, 5.74) is 1.26. The molecule has 2 aromatic rings. The minimum atomic E-state index is 0.0820. The maximum Gasteiger partial charge on any atom is 0.208 e. The third-order valence-electron chi connectivity index (χ3n) is 2.62. The maximum absolute atomic E-state index is 4.48. The molecule has 0 spiro atoms. The lowest BCUT2D eigenvalue weighted by Gasteiger charge is -2.21. The molecule has 114 valence electrons. The number of pyridine rings is 1. The number of nitrogens with zero attached hydrogens (tertiary/aromatic N) is 4. The molecule has 0 amide bonds. The van der Waals surface area contributed by atoms with Crippen LogP contribution < -0.4 is 10.2 Å². The quantitative estimate of drug-likeness (QED) is 0.913. The van der Waals surface area contributed by atoms with Crippen molar-refractivity contribution in [3.63, 3.8) is 0 Å². The molecule has 0 bridgehead atoms. The molecule has 0 fully saturated rings. The Morgan fingerprint density at radius 1 is 1.29 bits per heavy atom. The van der Waals surface area contributed by atoms with E-state index in [9.17, 15) is 0 Å². The summed E-state index contributed by atoms with van der Waals surface area (Å²) in [6, 6.07) is 4.07. The van der Waals surface area contributed by atoms with E-state index in [1.54, 1.807) is 23.1 Å². The normalized spacial score (nSPS) is 11.7. The van der Waals surface area contributed by atoms with E-state index in [2.05, 4.69) is 47.3 Å². The Hall–Kier alpha value is -1.18. The minimum Gasteiger partial charge on any atom is -0.353 e. The van der Waals surface area contributed by atoms with Crippen LogP contribution in [0.4, 0.5) is 5.13 Å². The zero-order valence-electron chi connectivity index (χ0n) is 13.0. The lowest BCUT2D eigenvalue weighted by molar-refractivity contribution is 0.422. The number of aromatic nitrogens is 3. The van der Waals surface area contributed by atoms with Crippen LogP contribution in [0.1, 0.15) is 26.3 Å². The number of nitrogens with one attached hydrogen (secondary N) is 1. The number of hydrogen-bond acceptors (Lipinski definition) is 7. The molecule has 0 atom stereocenters. The van der Waals surface area contributed by atoms with Gasteiger partial charge in [0.15, 0.2) is 4.34 Å². The van der Waals surface area contributed by atoms with Crippen molar-refractivity contribution < 1.29 is 0 Å². The first kappa shape index (κ1) is 16.2. The van der Waals surface area contributed by atoms with Gasteiger partial charge in [0, 0.05) is 32.4 Å². The standard InChI is InChI=1S/C14H21N5S2/c1-14(2,3)16-9-10-7-6-8-15-11(10)20-13-18-17-12(21-13)19(4)5/h6-8,16H,9H2,1-5H3. The molecule has 2 heterocycles. The van der Waals surface area contributed by atoms with Crippen molar-refractivity contribution >= 4 is 28.2 Å². The molecule has 7 heteroatoms. The van der Waals surface area contributed by atoms with Crippen molar-refractivity contribution in [3.8, 4) is 0 Å². The van der Waals surface area contributed by atoms with Gasteiger partial charge in [0.1, 0.15) is 5.03 Å². The predicted molar refractivity (Wildman–Crippen MR) is 89.2 cm³/mol. The average Bonchev–Trinajstić information content (AvgIpc) is 2.85. The van der Waals surface area contributed by atoms with Gasteiger partial charge in [-0.25, -0.2) is 4.98 Å². The SMILES string of the molecule is CN(C)c1nnc(Sc2ncccc2CNC(C)(C)C)s1. The van der Waals surface area contributed by atoms with Crippen molar-refractivity contribution in [1.29, 1.82) is 0 Å². The van der Waals surface area contributed by atoms with E-state index in [1.807, 2.05) is 31.3 Å². The fraction of sp³-hybridized carbons (Fsp3) is 0.500. The van der Waals surface area contributed by atoms with E-state index in [4.69, 9.17) is 0 Å². The van der Waals surface area contributed by atoms with Crippen LogP contribution >= 0.6 is 23.1 Å². The van der Waals surface area contributed by atoms with Crippen LogP contribution in [0.3, 0.4) is 0 Å². The Morgan fingerprint density at radius 2 is 2.05 bits per heavy atom. The third-order valence-corrected chi connectivity index (χ3v) is 4.82. The van der Waals surface area contributed by atoms with Crippen molar-refractivity contribution in [2.24, 2.45) is 0 Å². The highest BCUT2D eigenvalue weighted by Crippen LogP contribution is 2.33. The first-order valence-corrected chi connectivity index (χ1v) is 8.36. The molecule has 0 aliphatic heterocycles. The highest BCUT2D eigenvalue weighted by molar-refractivity contribution is 8.01. The lowest BCUT2D eigenvalue weighted by atomic mass is 10.1. The second kappa shape index (κ2) is 6.72. The number of hydrogen-bond donors (Lipinski definition) is 1. The first-order chi connectivity index (χ1) is 9.85. The molecule has 2 rings (SSSR count). The maximum atomic E-state index is 4.48. The Bertz CT molecular complexity index is 589. The smallest absolute Gasteiger partial charge is 0.208 e. The molecule has 5 nitrogen and oxygen atoms in total. The van der Waals surface area contributed by atoms with Gasteiger partial charge in [0.05, 0.1) is 0 Å². The van der Waals surface area contributed by atoms with Crippen LogP contribution in [0, 0.1) is 0 Å². The molecule has 0 aliphatic carbocycles. The Labute approximate surface area is 134 Å². The van der Waals surface area contributed by atoms with E-state index < -0.39 is 0 Å². The number of rotatable bonds is 5. The van der Waals surface area contributed by atoms with Crippen molar-refractivity contribution in [2.75, 3.05) is 19.0 Å². The van der Waals surface area contributed by atoms with Crippen molar-refractivity contribution in [2.45, 2.75) is 42.2 Å². The summed E-state index contributed by atoms with van der Waals surface area (Å²) in [7, 11) is 3.93. The molecule has 0 saturated heterocycles. The first-order valence-electron chi connectivity index (χ1n) is 6.73. The molecular formula is C14H21N5S2. The van der Waals surface area contributed by atoms with Gasteiger partial charge in [-0.2, -0.15) is 0 Å². The molecule has 2 aromatic heterocycles. The van der Waals surface area contributed by atoms with Crippen molar-refractivity contribution in [1.82, 2.24) is 20.5 Å². The van der Waals surface area contributed by atoms with E-state index in [1.165, 1.54) is 5.56 Å². The zero-order chi connectivity index (χ0) is 15.5. The van der Waals surface area contributed by atoms with Crippen LogP contribution in [0.15, 0.2) is 27.7 Å². The van der Waals surface area contributed by atoms with E-state index in [0.717, 1.165) is 21.0 Å². The monoisotopic (exact) mass is 323 g/mol. The van der Waals surface area contributed by atoms with Gasteiger partial charge < -0.3 is 10.2 Å². The van der Waals surface area contributed by atoms with Gasteiger partial charge >= 0.3 is 0 Å². The van der Waals surface area contributed by atoms with Crippen LogP contribution in [-0.2, 0) is 6.54 Å². The molecule has 0 aliphatic rings. The summed E-state index contributed by atoms with van der Waals surface area (Å²) >= 11 is 3.14. The van der Waals surface area contributed by atoms with Crippen LogP contribution in [0.2, 0.25) is 0 Å². The topological polar surface area (TPSA) is 53.9 Å². The summed E-state index contributed by atoms with van der Waals surface area (Å²) in [4.78, 5) is 6.44. The Balaban J connectivity index is 2.12. The summed E-state index contributed by atoms with van der Waals surface area (Å²) in [6.07, 6.45) is 1.82. The largest absolute Gasteiger partial charge is 0.353 e. The van der Waals surface area contributed by atoms with Crippen LogP contribution in [0.5, 0.6) is 0 Å². The van der Waals surface area contributed by atoms with Gasteiger partial charge in [0.2, 0.25) is 5.13 Å². The van der Waals surface area contributed by atoms with Gasteiger partial charge in [0.25, 0.3) is 0 Å². The predicted octanol–water partition coefficient (Wildman–Crippen LogP) is 3.04. The summed E-state index contributed by atoms with van der Waals surface area (Å²) < 4.78 is 0.911. The van der Waals surface area contributed by atoms with Gasteiger partial charge in [-0.05, 0) is 44.2 Å².